The third-order valence-electron chi connectivity index (χ3n) is 4.66. The molecule has 2 unspecified atom stereocenters. The number of benzene rings is 1. The summed E-state index contributed by atoms with van der Waals surface area (Å²) in [5.74, 6) is 0. The van der Waals surface area contributed by atoms with E-state index in [2.05, 4.69) is 4.90 Å². The zero-order valence-corrected chi connectivity index (χ0v) is 14.6. The van der Waals surface area contributed by atoms with Crippen LogP contribution >= 0.6 is 0 Å². The van der Waals surface area contributed by atoms with Crippen molar-refractivity contribution >= 4 is 5.69 Å². The summed E-state index contributed by atoms with van der Waals surface area (Å²) in [4.78, 5) is 14.9. The Kier molecular flexibility index (Phi) is 6.68. The SMILES string of the molecule is Cc1ccc([N+](=O)[O-])cc1C(C)N(C)CC(O)CN1CCOCC1. The fourth-order valence-corrected chi connectivity index (χ4v) is 3.06. The molecule has 2 rings (SSSR count). The van der Waals surface area contributed by atoms with E-state index in [4.69, 9.17) is 4.74 Å². The van der Waals surface area contributed by atoms with Gasteiger partial charge in [0.05, 0.1) is 24.2 Å². The molecule has 1 aromatic rings. The number of rotatable bonds is 7. The zero-order valence-electron chi connectivity index (χ0n) is 14.6. The van der Waals surface area contributed by atoms with Gasteiger partial charge in [-0.05, 0) is 32.0 Å². The largest absolute Gasteiger partial charge is 0.390 e. The van der Waals surface area contributed by atoms with Crippen LogP contribution in [0.5, 0.6) is 0 Å². The van der Waals surface area contributed by atoms with Crippen molar-refractivity contribution < 1.29 is 14.8 Å². The van der Waals surface area contributed by atoms with Gasteiger partial charge in [-0.25, -0.2) is 0 Å². The first kappa shape index (κ1) is 18.8. The molecule has 1 aliphatic rings. The lowest BCUT2D eigenvalue weighted by Gasteiger charge is -2.32. The summed E-state index contributed by atoms with van der Waals surface area (Å²) >= 11 is 0. The van der Waals surface area contributed by atoms with Crippen molar-refractivity contribution in [2.45, 2.75) is 26.0 Å². The lowest BCUT2D eigenvalue weighted by molar-refractivity contribution is -0.385. The molecule has 0 aromatic heterocycles. The molecule has 7 heteroatoms. The lowest BCUT2D eigenvalue weighted by atomic mass is 10.0. The standard InChI is InChI=1S/C17H27N3O4/c1-13-4-5-15(20(22)23)10-17(13)14(2)18(3)11-16(21)12-19-6-8-24-9-7-19/h4-5,10,14,16,21H,6-9,11-12H2,1-3H3. The second kappa shape index (κ2) is 8.53. The molecule has 2 atom stereocenters. The van der Waals surface area contributed by atoms with E-state index < -0.39 is 6.10 Å². The normalized spacial score (nSPS) is 18.5. The smallest absolute Gasteiger partial charge is 0.269 e. The van der Waals surface area contributed by atoms with E-state index >= 15 is 0 Å². The highest BCUT2D eigenvalue weighted by molar-refractivity contribution is 5.40. The Morgan fingerprint density at radius 1 is 1.42 bits per heavy atom. The van der Waals surface area contributed by atoms with Crippen molar-refractivity contribution in [2.75, 3.05) is 46.4 Å². The van der Waals surface area contributed by atoms with Gasteiger partial charge in [0.15, 0.2) is 0 Å². The number of aliphatic hydroxyl groups is 1. The van der Waals surface area contributed by atoms with Crippen LogP contribution in [0.4, 0.5) is 5.69 Å². The van der Waals surface area contributed by atoms with E-state index in [9.17, 15) is 15.2 Å². The van der Waals surface area contributed by atoms with Gasteiger partial charge in [0.2, 0.25) is 0 Å². The molecule has 0 radical (unpaired) electrons. The number of likely N-dealkylation sites (N-methyl/N-ethyl adjacent to an activating group) is 1. The molecule has 1 N–H and O–H groups in total. The monoisotopic (exact) mass is 337 g/mol. The number of non-ortho nitro benzene ring substituents is 1. The number of aliphatic hydroxyl groups excluding tert-OH is 1. The highest BCUT2D eigenvalue weighted by atomic mass is 16.6. The van der Waals surface area contributed by atoms with Gasteiger partial charge < -0.3 is 9.84 Å². The second-order valence-electron chi connectivity index (χ2n) is 6.48. The minimum Gasteiger partial charge on any atom is -0.390 e. The van der Waals surface area contributed by atoms with Crippen LogP contribution in [0.3, 0.4) is 0 Å². The number of nitro benzene ring substituents is 1. The average Bonchev–Trinajstić information content (AvgIpc) is 2.55. The van der Waals surface area contributed by atoms with Gasteiger partial charge in [0.1, 0.15) is 0 Å². The van der Waals surface area contributed by atoms with Crippen LogP contribution in [-0.4, -0.2) is 72.4 Å². The van der Waals surface area contributed by atoms with Crippen LogP contribution in [0.2, 0.25) is 0 Å². The number of aryl methyl sites for hydroxylation is 1. The van der Waals surface area contributed by atoms with Crippen molar-refractivity contribution in [3.63, 3.8) is 0 Å². The van der Waals surface area contributed by atoms with Crippen molar-refractivity contribution in [1.82, 2.24) is 9.80 Å². The van der Waals surface area contributed by atoms with Crippen LogP contribution in [0.1, 0.15) is 24.1 Å². The highest BCUT2D eigenvalue weighted by Crippen LogP contribution is 2.26. The fraction of sp³-hybridized carbons (Fsp3) is 0.647. The maximum atomic E-state index is 11.0. The predicted octanol–water partition coefficient (Wildman–Crippen LogP) is 1.59. The number of hydrogen-bond donors (Lipinski definition) is 1. The van der Waals surface area contributed by atoms with Gasteiger partial charge in [-0.1, -0.05) is 6.07 Å². The Morgan fingerprint density at radius 2 is 2.08 bits per heavy atom. The van der Waals surface area contributed by atoms with E-state index in [1.165, 1.54) is 6.07 Å². The van der Waals surface area contributed by atoms with Crippen molar-refractivity contribution in [3.05, 3.63) is 39.4 Å². The molecule has 0 spiro atoms. The molecule has 1 aromatic carbocycles. The average molecular weight is 337 g/mol. The Labute approximate surface area is 143 Å². The summed E-state index contributed by atoms with van der Waals surface area (Å²) in [5.41, 5.74) is 2.04. The summed E-state index contributed by atoms with van der Waals surface area (Å²) in [6.07, 6.45) is -0.463. The molecule has 1 heterocycles. The zero-order chi connectivity index (χ0) is 17.7. The molecule has 1 aliphatic heterocycles. The topological polar surface area (TPSA) is 79.1 Å². The minimum atomic E-state index is -0.463. The van der Waals surface area contributed by atoms with Gasteiger partial charge in [-0.3, -0.25) is 19.9 Å². The maximum Gasteiger partial charge on any atom is 0.269 e. The molecular formula is C17H27N3O4. The van der Waals surface area contributed by atoms with Crippen molar-refractivity contribution in [3.8, 4) is 0 Å². The van der Waals surface area contributed by atoms with Gasteiger partial charge in [0, 0.05) is 44.4 Å². The van der Waals surface area contributed by atoms with Crippen molar-refractivity contribution in [1.29, 1.82) is 0 Å². The van der Waals surface area contributed by atoms with E-state index in [1.807, 2.05) is 25.8 Å². The number of nitro groups is 1. The molecule has 134 valence electrons. The molecule has 0 aliphatic carbocycles. The third kappa shape index (κ3) is 4.98. The van der Waals surface area contributed by atoms with E-state index in [0.29, 0.717) is 26.3 Å². The summed E-state index contributed by atoms with van der Waals surface area (Å²) in [6, 6.07) is 4.93. The summed E-state index contributed by atoms with van der Waals surface area (Å²) < 4.78 is 5.31. The second-order valence-corrected chi connectivity index (χ2v) is 6.48. The molecular weight excluding hydrogens is 310 g/mol. The maximum absolute atomic E-state index is 11.0. The van der Waals surface area contributed by atoms with E-state index in [-0.39, 0.29) is 16.7 Å². The number of hydrogen-bond acceptors (Lipinski definition) is 6. The first-order valence-electron chi connectivity index (χ1n) is 8.32. The van der Waals surface area contributed by atoms with E-state index in [0.717, 1.165) is 24.2 Å². The van der Waals surface area contributed by atoms with Gasteiger partial charge in [-0.15, -0.1) is 0 Å². The fourth-order valence-electron chi connectivity index (χ4n) is 3.06. The number of ether oxygens (including phenoxy) is 1. The third-order valence-corrected chi connectivity index (χ3v) is 4.66. The Bertz CT molecular complexity index is 561. The molecule has 0 amide bonds. The summed E-state index contributed by atoms with van der Waals surface area (Å²) in [5, 5.41) is 21.3. The molecule has 0 saturated carbocycles. The van der Waals surface area contributed by atoms with E-state index in [1.54, 1.807) is 12.1 Å². The Balaban J connectivity index is 1.96. The molecule has 1 saturated heterocycles. The predicted molar refractivity (Wildman–Crippen MR) is 92.1 cm³/mol. The Hall–Kier alpha value is -1.54. The Morgan fingerprint density at radius 3 is 2.71 bits per heavy atom. The summed E-state index contributed by atoms with van der Waals surface area (Å²) in [7, 11) is 1.94. The molecule has 7 nitrogen and oxygen atoms in total. The molecule has 1 fully saturated rings. The molecule has 24 heavy (non-hydrogen) atoms. The number of morpholine rings is 1. The first-order valence-corrected chi connectivity index (χ1v) is 8.32. The van der Waals surface area contributed by atoms with Gasteiger partial charge in [0.25, 0.3) is 5.69 Å². The van der Waals surface area contributed by atoms with Crippen molar-refractivity contribution in [2.24, 2.45) is 0 Å². The minimum absolute atomic E-state index is 0.00996. The molecule has 0 bridgehead atoms. The van der Waals surface area contributed by atoms with Crippen LogP contribution in [0.15, 0.2) is 18.2 Å². The lowest BCUT2D eigenvalue weighted by Crippen LogP contribution is -2.44. The van der Waals surface area contributed by atoms with Crippen LogP contribution in [-0.2, 0) is 4.74 Å². The highest BCUT2D eigenvalue weighted by Gasteiger charge is 2.21. The van der Waals surface area contributed by atoms with Crippen LogP contribution < -0.4 is 0 Å². The number of β-amino-alcohol motifs (C(OH)–C–C–N with tert-alkyl or cyclic N) is 1. The van der Waals surface area contributed by atoms with Gasteiger partial charge >= 0.3 is 0 Å². The van der Waals surface area contributed by atoms with Crippen LogP contribution in [0.25, 0.3) is 0 Å². The quantitative estimate of drug-likeness (QED) is 0.601. The van der Waals surface area contributed by atoms with Gasteiger partial charge in [-0.2, -0.15) is 0 Å². The van der Waals surface area contributed by atoms with Crippen LogP contribution in [0, 0.1) is 17.0 Å². The first-order chi connectivity index (χ1) is 11.4. The summed E-state index contributed by atoms with van der Waals surface area (Å²) in [6.45, 7) is 8.22. The number of nitrogens with zero attached hydrogens (tertiary/aromatic N) is 3.